The fourth-order valence-corrected chi connectivity index (χ4v) is 3.95. The van der Waals surface area contributed by atoms with Gasteiger partial charge in [-0.25, -0.2) is 0 Å². The predicted molar refractivity (Wildman–Crippen MR) is 74.2 cm³/mol. The lowest BCUT2D eigenvalue weighted by atomic mass is 9.96. The van der Waals surface area contributed by atoms with Crippen LogP contribution in [0.4, 0.5) is 0 Å². The summed E-state index contributed by atoms with van der Waals surface area (Å²) in [5.74, 6) is 0.210. The zero-order valence-corrected chi connectivity index (χ0v) is 11.2. The number of fused-ring (bicyclic) bond motifs is 2. The second-order valence-corrected chi connectivity index (χ2v) is 6.34. The highest BCUT2D eigenvalue weighted by molar-refractivity contribution is 5.94. The summed E-state index contributed by atoms with van der Waals surface area (Å²) in [6, 6.07) is 6.64. The van der Waals surface area contributed by atoms with Crippen LogP contribution in [0.15, 0.2) is 18.2 Å². The van der Waals surface area contributed by atoms with E-state index in [0.717, 1.165) is 44.3 Å². The van der Waals surface area contributed by atoms with Crippen molar-refractivity contribution in [3.05, 3.63) is 34.9 Å². The van der Waals surface area contributed by atoms with Gasteiger partial charge in [-0.2, -0.15) is 0 Å². The third kappa shape index (κ3) is 1.57. The third-order valence-electron chi connectivity index (χ3n) is 5.26. The topological polar surface area (TPSA) is 46.3 Å². The molecule has 2 N–H and O–H groups in total. The van der Waals surface area contributed by atoms with Gasteiger partial charge in [0.1, 0.15) is 0 Å². The molecule has 1 aromatic carbocycles. The molecule has 100 valence electrons. The third-order valence-corrected chi connectivity index (χ3v) is 5.26. The maximum Gasteiger partial charge on any atom is 0.253 e. The number of amides is 1. The molecule has 1 spiro atoms. The number of hydrogen-bond donors (Lipinski definition) is 1. The van der Waals surface area contributed by atoms with Crippen molar-refractivity contribution in [1.82, 2.24) is 4.90 Å². The smallest absolute Gasteiger partial charge is 0.253 e. The van der Waals surface area contributed by atoms with Crippen LogP contribution in [0.3, 0.4) is 0 Å². The minimum absolute atomic E-state index is 0.210. The number of likely N-dealkylation sites (tertiary alicyclic amines) is 1. The maximum absolute atomic E-state index is 12.4. The van der Waals surface area contributed by atoms with Crippen LogP contribution in [0.5, 0.6) is 0 Å². The van der Waals surface area contributed by atoms with Gasteiger partial charge in [0.2, 0.25) is 0 Å². The second kappa shape index (κ2) is 3.83. The Hall–Kier alpha value is -1.35. The Kier molecular flexibility index (Phi) is 2.31. The van der Waals surface area contributed by atoms with Gasteiger partial charge in [0.15, 0.2) is 0 Å². The minimum atomic E-state index is 0.210. The highest BCUT2D eigenvalue weighted by Gasteiger charge is 2.56. The number of aryl methyl sites for hydroxylation is 1. The summed E-state index contributed by atoms with van der Waals surface area (Å²) in [5, 5.41) is 0. The summed E-state index contributed by atoms with van der Waals surface area (Å²) in [7, 11) is 0. The van der Waals surface area contributed by atoms with Crippen LogP contribution in [0.2, 0.25) is 0 Å². The molecular formula is C16H20N2O. The van der Waals surface area contributed by atoms with E-state index in [2.05, 4.69) is 12.1 Å². The van der Waals surface area contributed by atoms with E-state index >= 15 is 0 Å². The summed E-state index contributed by atoms with van der Waals surface area (Å²) in [5.41, 5.74) is 10.0. The van der Waals surface area contributed by atoms with E-state index < -0.39 is 0 Å². The fourth-order valence-electron chi connectivity index (χ4n) is 3.95. The van der Waals surface area contributed by atoms with E-state index in [9.17, 15) is 4.79 Å². The molecule has 0 radical (unpaired) electrons. The van der Waals surface area contributed by atoms with Crippen LogP contribution in [0.1, 0.15) is 47.2 Å². The first-order valence-corrected chi connectivity index (χ1v) is 7.39. The first kappa shape index (κ1) is 11.5. The van der Waals surface area contributed by atoms with Gasteiger partial charge < -0.3 is 10.6 Å². The molecule has 0 bridgehead atoms. The first-order valence-electron chi connectivity index (χ1n) is 7.39. The van der Waals surface area contributed by atoms with Crippen molar-refractivity contribution in [2.75, 3.05) is 13.1 Å². The van der Waals surface area contributed by atoms with Gasteiger partial charge in [-0.3, -0.25) is 4.79 Å². The number of benzene rings is 1. The molecule has 1 saturated heterocycles. The van der Waals surface area contributed by atoms with E-state index in [1.54, 1.807) is 0 Å². The van der Waals surface area contributed by atoms with E-state index in [0.29, 0.717) is 6.04 Å². The number of nitrogens with two attached hydrogens (primary N) is 1. The van der Waals surface area contributed by atoms with Gasteiger partial charge in [-0.05, 0) is 55.4 Å². The Morgan fingerprint density at radius 2 is 2.05 bits per heavy atom. The molecular weight excluding hydrogens is 236 g/mol. The maximum atomic E-state index is 12.4. The standard InChI is InChI=1S/C16H20N2O/c17-14-10-16(14)6-5-11-9-12(3-4-13(11)16)15(19)18-7-1-2-8-18/h3-4,9,14H,1-2,5-8,10,17H2. The van der Waals surface area contributed by atoms with E-state index in [1.165, 1.54) is 17.5 Å². The van der Waals surface area contributed by atoms with E-state index in [-0.39, 0.29) is 11.3 Å². The van der Waals surface area contributed by atoms with Crippen LogP contribution in [0.25, 0.3) is 0 Å². The molecule has 2 aliphatic carbocycles. The van der Waals surface area contributed by atoms with Crippen LogP contribution < -0.4 is 5.73 Å². The molecule has 1 aromatic rings. The highest BCUT2D eigenvalue weighted by atomic mass is 16.2. The van der Waals surface area contributed by atoms with Crippen molar-refractivity contribution < 1.29 is 4.79 Å². The van der Waals surface area contributed by atoms with Crippen LogP contribution >= 0.6 is 0 Å². The van der Waals surface area contributed by atoms with E-state index in [1.807, 2.05) is 11.0 Å². The average molecular weight is 256 g/mol. The molecule has 19 heavy (non-hydrogen) atoms. The van der Waals surface area contributed by atoms with Gasteiger partial charge in [-0.15, -0.1) is 0 Å². The predicted octanol–water partition coefficient (Wildman–Crippen LogP) is 1.84. The zero-order valence-electron chi connectivity index (χ0n) is 11.2. The highest BCUT2D eigenvalue weighted by Crippen LogP contribution is 2.55. The number of nitrogens with zero attached hydrogens (tertiary/aromatic N) is 1. The Balaban J connectivity index is 1.64. The Bertz CT molecular complexity index is 548. The summed E-state index contributed by atoms with van der Waals surface area (Å²) in [6.07, 6.45) is 5.68. The van der Waals surface area contributed by atoms with Crippen molar-refractivity contribution in [2.45, 2.75) is 43.6 Å². The Labute approximate surface area is 113 Å². The quantitative estimate of drug-likeness (QED) is 0.833. The normalized spacial score (nSPS) is 31.8. The van der Waals surface area contributed by atoms with Gasteiger partial charge in [0.05, 0.1) is 0 Å². The second-order valence-electron chi connectivity index (χ2n) is 6.34. The summed E-state index contributed by atoms with van der Waals surface area (Å²) >= 11 is 0. The van der Waals surface area contributed by atoms with Crippen molar-refractivity contribution in [3.63, 3.8) is 0 Å². The first-order chi connectivity index (χ1) is 9.21. The zero-order chi connectivity index (χ0) is 13.0. The molecule has 3 nitrogen and oxygen atoms in total. The van der Waals surface area contributed by atoms with Crippen LogP contribution in [0, 0.1) is 0 Å². The monoisotopic (exact) mass is 256 g/mol. The molecule has 2 atom stereocenters. The van der Waals surface area contributed by atoms with Crippen molar-refractivity contribution in [3.8, 4) is 0 Å². The average Bonchev–Trinajstić information content (AvgIpc) is 2.86. The SMILES string of the molecule is NC1CC12CCc1cc(C(=O)N3CCCC3)ccc12. The number of carbonyl (C=O) groups is 1. The van der Waals surface area contributed by atoms with Crippen molar-refractivity contribution >= 4 is 5.91 Å². The summed E-state index contributed by atoms with van der Waals surface area (Å²) < 4.78 is 0. The van der Waals surface area contributed by atoms with Gasteiger partial charge in [0, 0.05) is 30.1 Å². The van der Waals surface area contributed by atoms with Gasteiger partial charge in [0.25, 0.3) is 5.91 Å². The van der Waals surface area contributed by atoms with Crippen molar-refractivity contribution in [1.29, 1.82) is 0 Å². The molecule has 4 rings (SSSR count). The summed E-state index contributed by atoms with van der Waals surface area (Å²) in [6.45, 7) is 1.84. The summed E-state index contributed by atoms with van der Waals surface area (Å²) in [4.78, 5) is 14.4. The molecule has 1 saturated carbocycles. The Morgan fingerprint density at radius 1 is 1.32 bits per heavy atom. The molecule has 1 aliphatic heterocycles. The minimum Gasteiger partial charge on any atom is -0.339 e. The molecule has 3 heteroatoms. The molecule has 1 heterocycles. The molecule has 2 unspecified atom stereocenters. The molecule has 2 fully saturated rings. The van der Waals surface area contributed by atoms with E-state index in [4.69, 9.17) is 5.73 Å². The lowest BCUT2D eigenvalue weighted by Gasteiger charge is -2.16. The lowest BCUT2D eigenvalue weighted by molar-refractivity contribution is 0.0792. The lowest BCUT2D eigenvalue weighted by Crippen LogP contribution is -2.27. The van der Waals surface area contributed by atoms with Crippen LogP contribution in [-0.2, 0) is 11.8 Å². The molecule has 1 amide bonds. The Morgan fingerprint density at radius 3 is 2.74 bits per heavy atom. The van der Waals surface area contributed by atoms with Gasteiger partial charge >= 0.3 is 0 Å². The number of rotatable bonds is 1. The largest absolute Gasteiger partial charge is 0.339 e. The molecule has 3 aliphatic rings. The van der Waals surface area contributed by atoms with Gasteiger partial charge in [-0.1, -0.05) is 6.07 Å². The number of hydrogen-bond acceptors (Lipinski definition) is 2. The van der Waals surface area contributed by atoms with Crippen LogP contribution in [-0.4, -0.2) is 29.9 Å². The fraction of sp³-hybridized carbons (Fsp3) is 0.562. The number of carbonyl (C=O) groups excluding carboxylic acids is 1. The van der Waals surface area contributed by atoms with Crippen molar-refractivity contribution in [2.24, 2.45) is 5.73 Å². The molecule has 0 aromatic heterocycles.